The second kappa shape index (κ2) is 8.85. The Morgan fingerprint density at radius 3 is 1.97 bits per heavy atom. The molecule has 2 fully saturated rings. The predicted molar refractivity (Wildman–Crippen MR) is 120 cm³/mol. The number of hydrogen-bond acceptors (Lipinski definition) is 8. The van der Waals surface area contributed by atoms with Gasteiger partial charge in [-0.15, -0.1) is 10.2 Å². The second-order valence-corrected chi connectivity index (χ2v) is 9.62. The maximum Gasteiger partial charge on any atom is 0.243 e. The molecular formula is C21H25N7O3S. The smallest absolute Gasteiger partial charge is 0.243 e. The number of anilines is 2. The summed E-state index contributed by atoms with van der Waals surface area (Å²) >= 11 is 0. The van der Waals surface area contributed by atoms with Gasteiger partial charge < -0.3 is 14.5 Å². The third-order valence-electron chi connectivity index (χ3n) is 5.78. The first-order valence-electron chi connectivity index (χ1n) is 10.6. The first kappa shape index (κ1) is 20.9. The lowest BCUT2D eigenvalue weighted by atomic mass is 10.3. The highest BCUT2D eigenvalue weighted by molar-refractivity contribution is 7.89. The van der Waals surface area contributed by atoms with Gasteiger partial charge in [0.2, 0.25) is 10.0 Å². The normalized spacial score (nSPS) is 18.1. The number of hydrogen-bond donors (Lipinski definition) is 0. The Balaban J connectivity index is 1.22. The van der Waals surface area contributed by atoms with Crippen LogP contribution in [0.4, 0.5) is 11.6 Å². The fraction of sp³-hybridized carbons (Fsp3) is 0.381. The van der Waals surface area contributed by atoms with Crippen molar-refractivity contribution < 1.29 is 13.2 Å². The van der Waals surface area contributed by atoms with Crippen LogP contribution in [0.1, 0.15) is 0 Å². The molecule has 3 aromatic rings. The van der Waals surface area contributed by atoms with E-state index < -0.39 is 10.0 Å². The summed E-state index contributed by atoms with van der Waals surface area (Å²) in [4.78, 5) is 4.52. The van der Waals surface area contributed by atoms with Crippen molar-refractivity contribution in [3.05, 3.63) is 54.9 Å². The van der Waals surface area contributed by atoms with Crippen LogP contribution in [0.15, 0.2) is 59.8 Å². The van der Waals surface area contributed by atoms with Crippen LogP contribution in [0.5, 0.6) is 0 Å². The summed E-state index contributed by atoms with van der Waals surface area (Å²) in [5, 5.41) is 12.9. The van der Waals surface area contributed by atoms with Gasteiger partial charge in [0.25, 0.3) is 0 Å². The van der Waals surface area contributed by atoms with Crippen molar-refractivity contribution in [3.8, 4) is 5.69 Å². The zero-order valence-electron chi connectivity index (χ0n) is 17.6. The summed E-state index contributed by atoms with van der Waals surface area (Å²) in [6.45, 7) is 4.96. The monoisotopic (exact) mass is 455 g/mol. The van der Waals surface area contributed by atoms with Gasteiger partial charge in [-0.2, -0.15) is 9.40 Å². The molecule has 2 aliphatic rings. The average molecular weight is 456 g/mol. The number of ether oxygens (including phenoxy) is 1. The van der Waals surface area contributed by atoms with E-state index in [9.17, 15) is 8.42 Å². The first-order chi connectivity index (χ1) is 15.6. The van der Waals surface area contributed by atoms with E-state index >= 15 is 0 Å². The molecule has 1 aromatic carbocycles. The Bertz CT molecular complexity index is 1120. The van der Waals surface area contributed by atoms with Crippen molar-refractivity contribution >= 4 is 21.7 Å². The van der Waals surface area contributed by atoms with Crippen molar-refractivity contribution in [2.24, 2.45) is 0 Å². The molecule has 0 radical (unpaired) electrons. The van der Waals surface area contributed by atoms with Gasteiger partial charge in [-0.3, -0.25) is 0 Å². The van der Waals surface area contributed by atoms with Crippen LogP contribution in [0.3, 0.4) is 0 Å². The molecule has 0 bridgehead atoms. The summed E-state index contributed by atoms with van der Waals surface area (Å²) in [6.07, 6.45) is 3.50. The van der Waals surface area contributed by atoms with Gasteiger partial charge in [0.15, 0.2) is 11.6 Å². The minimum absolute atomic E-state index is 0.288. The zero-order valence-corrected chi connectivity index (χ0v) is 18.4. The van der Waals surface area contributed by atoms with E-state index in [4.69, 9.17) is 4.74 Å². The van der Waals surface area contributed by atoms with E-state index in [1.54, 1.807) is 35.1 Å². The number of morpholine rings is 1. The van der Waals surface area contributed by atoms with Crippen LogP contribution in [0.25, 0.3) is 5.69 Å². The van der Waals surface area contributed by atoms with Crippen molar-refractivity contribution in [1.82, 2.24) is 24.3 Å². The van der Waals surface area contributed by atoms with E-state index in [-0.39, 0.29) is 4.90 Å². The molecule has 5 rings (SSSR count). The Hall–Kier alpha value is -3.02. The molecule has 0 aliphatic carbocycles. The maximum atomic E-state index is 13.1. The summed E-state index contributed by atoms with van der Waals surface area (Å²) in [5.74, 6) is 1.61. The molecule has 0 saturated carbocycles. The van der Waals surface area contributed by atoms with Gasteiger partial charge in [0.05, 0.1) is 23.8 Å². The quantitative estimate of drug-likeness (QED) is 0.562. The van der Waals surface area contributed by atoms with Crippen molar-refractivity contribution in [3.63, 3.8) is 0 Å². The van der Waals surface area contributed by atoms with Crippen LogP contribution in [-0.2, 0) is 14.8 Å². The lowest BCUT2D eigenvalue weighted by Crippen LogP contribution is -2.49. The third-order valence-corrected chi connectivity index (χ3v) is 7.69. The van der Waals surface area contributed by atoms with Gasteiger partial charge >= 0.3 is 0 Å². The molecule has 11 heteroatoms. The number of rotatable bonds is 5. The molecule has 0 N–H and O–H groups in total. The molecule has 2 saturated heterocycles. The molecule has 32 heavy (non-hydrogen) atoms. The largest absolute Gasteiger partial charge is 0.378 e. The highest BCUT2D eigenvalue weighted by Crippen LogP contribution is 2.22. The zero-order chi connectivity index (χ0) is 22.0. The summed E-state index contributed by atoms with van der Waals surface area (Å²) in [5.41, 5.74) is 0.817. The number of sulfonamides is 1. The Kier molecular flexibility index (Phi) is 5.77. The van der Waals surface area contributed by atoms with Gasteiger partial charge in [0.1, 0.15) is 0 Å². The van der Waals surface area contributed by atoms with Crippen LogP contribution in [0, 0.1) is 0 Å². The van der Waals surface area contributed by atoms with Gasteiger partial charge in [-0.05, 0) is 42.5 Å². The Morgan fingerprint density at radius 2 is 1.41 bits per heavy atom. The molecule has 10 nitrogen and oxygen atoms in total. The minimum atomic E-state index is -3.55. The fourth-order valence-electron chi connectivity index (χ4n) is 3.95. The molecule has 2 aromatic heterocycles. The van der Waals surface area contributed by atoms with Gasteiger partial charge in [0, 0.05) is 51.7 Å². The number of aromatic nitrogens is 4. The highest BCUT2D eigenvalue weighted by Gasteiger charge is 2.29. The molecule has 0 spiro atoms. The fourth-order valence-corrected chi connectivity index (χ4v) is 5.37. The summed E-state index contributed by atoms with van der Waals surface area (Å²) < 4.78 is 34.8. The SMILES string of the molecule is O=S(=O)(c1ccc(-n2cccn2)cc1)N1CCN(c2ccc(N3CCOCC3)nn2)CC1. The van der Waals surface area contributed by atoms with E-state index in [0.29, 0.717) is 39.4 Å². The Labute approximate surface area is 187 Å². The maximum absolute atomic E-state index is 13.1. The van der Waals surface area contributed by atoms with E-state index in [1.165, 1.54) is 4.31 Å². The van der Waals surface area contributed by atoms with Crippen LogP contribution in [0.2, 0.25) is 0 Å². The lowest BCUT2D eigenvalue weighted by molar-refractivity contribution is 0.122. The van der Waals surface area contributed by atoms with E-state index in [0.717, 1.165) is 30.4 Å². The standard InChI is InChI=1S/C21H25N7O3S/c29-32(30,19-4-2-18(3-5-19)28-9-1-8-22-28)27-12-10-25(11-13-27)20-6-7-21(24-23-20)26-14-16-31-17-15-26/h1-9H,10-17H2. The molecular weight excluding hydrogens is 430 g/mol. The van der Waals surface area contributed by atoms with Gasteiger partial charge in [-0.25, -0.2) is 13.1 Å². The summed E-state index contributed by atoms with van der Waals surface area (Å²) in [6, 6.07) is 12.5. The predicted octanol–water partition coefficient (Wildman–Crippen LogP) is 1.01. The van der Waals surface area contributed by atoms with Crippen LogP contribution >= 0.6 is 0 Å². The average Bonchev–Trinajstić information content (AvgIpc) is 3.40. The number of nitrogens with zero attached hydrogens (tertiary/aromatic N) is 7. The molecule has 0 atom stereocenters. The minimum Gasteiger partial charge on any atom is -0.378 e. The van der Waals surface area contributed by atoms with E-state index in [1.807, 2.05) is 24.4 Å². The molecule has 0 unspecified atom stereocenters. The molecule has 0 amide bonds. The lowest BCUT2D eigenvalue weighted by Gasteiger charge is -2.34. The highest BCUT2D eigenvalue weighted by atomic mass is 32.2. The van der Waals surface area contributed by atoms with Crippen molar-refractivity contribution in [1.29, 1.82) is 0 Å². The second-order valence-electron chi connectivity index (χ2n) is 7.68. The summed E-state index contributed by atoms with van der Waals surface area (Å²) in [7, 11) is -3.55. The topological polar surface area (TPSA) is 96.7 Å². The van der Waals surface area contributed by atoms with Crippen LogP contribution in [-0.4, -0.2) is 85.2 Å². The van der Waals surface area contributed by atoms with Crippen molar-refractivity contribution in [2.45, 2.75) is 4.90 Å². The molecule has 168 valence electrons. The first-order valence-corrected chi connectivity index (χ1v) is 12.1. The van der Waals surface area contributed by atoms with Gasteiger partial charge in [-0.1, -0.05) is 0 Å². The van der Waals surface area contributed by atoms with Crippen LogP contribution < -0.4 is 9.80 Å². The number of benzene rings is 1. The third kappa shape index (κ3) is 4.18. The molecule has 2 aliphatic heterocycles. The van der Waals surface area contributed by atoms with Crippen molar-refractivity contribution in [2.75, 3.05) is 62.3 Å². The number of piperazine rings is 1. The Morgan fingerprint density at radius 1 is 0.781 bits per heavy atom. The molecule has 4 heterocycles. The van der Waals surface area contributed by atoms with E-state index in [2.05, 4.69) is 25.1 Å².